The van der Waals surface area contributed by atoms with Gasteiger partial charge in [-0.05, 0) is 30.5 Å². The zero-order valence-electron chi connectivity index (χ0n) is 12.1. The van der Waals surface area contributed by atoms with Crippen LogP contribution >= 0.6 is 0 Å². The Bertz CT molecular complexity index is 529. The van der Waals surface area contributed by atoms with Crippen LogP contribution in [0.4, 0.5) is 0 Å². The molecule has 0 radical (unpaired) electrons. The van der Waals surface area contributed by atoms with Crippen molar-refractivity contribution in [3.63, 3.8) is 0 Å². The van der Waals surface area contributed by atoms with Gasteiger partial charge < -0.3 is 15.5 Å². The lowest BCUT2D eigenvalue weighted by atomic mass is 10.1. The van der Waals surface area contributed by atoms with Crippen molar-refractivity contribution < 1.29 is 9.59 Å². The predicted octanol–water partition coefficient (Wildman–Crippen LogP) is 0.840. The van der Waals surface area contributed by atoms with Crippen molar-refractivity contribution in [2.45, 2.75) is 19.4 Å². The molecule has 1 heterocycles. The number of benzene rings is 1. The average molecular weight is 287 g/mol. The molecule has 2 fully saturated rings. The predicted molar refractivity (Wildman–Crippen MR) is 79.5 cm³/mol. The summed E-state index contributed by atoms with van der Waals surface area (Å²) in [6, 6.07) is 7.43. The number of nitrogens with zero attached hydrogens (tertiary/aromatic N) is 2. The Balaban J connectivity index is 1.57. The fourth-order valence-corrected chi connectivity index (χ4v) is 2.68. The maximum absolute atomic E-state index is 12.4. The van der Waals surface area contributed by atoms with Crippen LogP contribution in [0.3, 0.4) is 0 Å². The van der Waals surface area contributed by atoms with Gasteiger partial charge in [-0.1, -0.05) is 12.1 Å². The van der Waals surface area contributed by atoms with E-state index in [9.17, 15) is 9.59 Å². The molecule has 1 aliphatic carbocycles. The van der Waals surface area contributed by atoms with Crippen molar-refractivity contribution in [3.05, 3.63) is 35.4 Å². The molecule has 0 unspecified atom stereocenters. The average Bonchev–Trinajstić information content (AvgIpc) is 3.39. The molecule has 5 nitrogen and oxygen atoms in total. The van der Waals surface area contributed by atoms with Gasteiger partial charge in [-0.2, -0.15) is 0 Å². The van der Waals surface area contributed by atoms with E-state index in [1.807, 2.05) is 34.1 Å². The van der Waals surface area contributed by atoms with Gasteiger partial charge >= 0.3 is 0 Å². The van der Waals surface area contributed by atoms with Crippen molar-refractivity contribution in [2.24, 2.45) is 11.7 Å². The summed E-state index contributed by atoms with van der Waals surface area (Å²) < 4.78 is 0. The summed E-state index contributed by atoms with van der Waals surface area (Å²) in [5, 5.41) is 0. The van der Waals surface area contributed by atoms with E-state index in [4.69, 9.17) is 5.73 Å². The Morgan fingerprint density at radius 1 is 1.00 bits per heavy atom. The number of hydrogen-bond donors (Lipinski definition) is 1. The molecule has 0 aromatic heterocycles. The minimum atomic E-state index is 0.0390. The van der Waals surface area contributed by atoms with Crippen molar-refractivity contribution >= 4 is 11.8 Å². The second kappa shape index (κ2) is 5.85. The second-order valence-corrected chi connectivity index (χ2v) is 5.79. The van der Waals surface area contributed by atoms with Crippen LogP contribution in [-0.4, -0.2) is 47.8 Å². The van der Waals surface area contributed by atoms with Gasteiger partial charge in [-0.3, -0.25) is 9.59 Å². The lowest BCUT2D eigenvalue weighted by Crippen LogP contribution is -2.51. The van der Waals surface area contributed by atoms with Crippen LogP contribution in [0.2, 0.25) is 0 Å². The topological polar surface area (TPSA) is 66.6 Å². The molecule has 1 aromatic carbocycles. The third-order valence-corrected chi connectivity index (χ3v) is 4.24. The first-order valence-corrected chi connectivity index (χ1v) is 7.56. The molecule has 0 atom stereocenters. The van der Waals surface area contributed by atoms with E-state index in [-0.39, 0.29) is 17.7 Å². The highest BCUT2D eigenvalue weighted by atomic mass is 16.2. The fourth-order valence-electron chi connectivity index (χ4n) is 2.68. The highest BCUT2D eigenvalue weighted by Crippen LogP contribution is 2.31. The van der Waals surface area contributed by atoms with Gasteiger partial charge in [0.25, 0.3) is 5.91 Å². The monoisotopic (exact) mass is 287 g/mol. The standard InChI is InChI=1S/C16H21N3O2/c17-11-12-1-3-13(4-2-12)15(20)18-7-9-19(10-8-18)16(21)14-5-6-14/h1-4,14H,5-11,17H2. The molecule has 2 N–H and O–H groups in total. The first-order chi connectivity index (χ1) is 10.2. The molecule has 112 valence electrons. The summed E-state index contributed by atoms with van der Waals surface area (Å²) >= 11 is 0. The lowest BCUT2D eigenvalue weighted by molar-refractivity contribution is -0.134. The Hall–Kier alpha value is -1.88. The van der Waals surface area contributed by atoms with Gasteiger partial charge in [-0.15, -0.1) is 0 Å². The molecule has 0 bridgehead atoms. The SMILES string of the molecule is NCc1ccc(C(=O)N2CCN(C(=O)C3CC3)CC2)cc1. The van der Waals surface area contributed by atoms with Gasteiger partial charge in [0.2, 0.25) is 5.91 Å². The maximum atomic E-state index is 12.4. The lowest BCUT2D eigenvalue weighted by Gasteiger charge is -2.35. The van der Waals surface area contributed by atoms with Crippen LogP contribution in [0.5, 0.6) is 0 Å². The van der Waals surface area contributed by atoms with Crippen LogP contribution < -0.4 is 5.73 Å². The Kier molecular flexibility index (Phi) is 3.92. The summed E-state index contributed by atoms with van der Waals surface area (Å²) in [6.45, 7) is 3.03. The summed E-state index contributed by atoms with van der Waals surface area (Å²) in [5.41, 5.74) is 7.27. The summed E-state index contributed by atoms with van der Waals surface area (Å²) in [4.78, 5) is 28.1. The minimum Gasteiger partial charge on any atom is -0.339 e. The van der Waals surface area contributed by atoms with Crippen LogP contribution in [0.15, 0.2) is 24.3 Å². The van der Waals surface area contributed by atoms with Crippen LogP contribution in [0.25, 0.3) is 0 Å². The molecule has 1 saturated heterocycles. The Labute approximate surface area is 124 Å². The van der Waals surface area contributed by atoms with E-state index < -0.39 is 0 Å². The highest BCUT2D eigenvalue weighted by Gasteiger charge is 2.35. The Morgan fingerprint density at radius 2 is 1.57 bits per heavy atom. The molecular formula is C16H21N3O2. The van der Waals surface area contributed by atoms with Crippen LogP contribution in [0, 0.1) is 5.92 Å². The molecule has 5 heteroatoms. The van der Waals surface area contributed by atoms with E-state index >= 15 is 0 Å². The third-order valence-electron chi connectivity index (χ3n) is 4.24. The number of carbonyl (C=O) groups excluding carboxylic acids is 2. The van der Waals surface area contributed by atoms with Crippen molar-refractivity contribution in [3.8, 4) is 0 Å². The first-order valence-electron chi connectivity index (χ1n) is 7.56. The quantitative estimate of drug-likeness (QED) is 0.896. The molecule has 21 heavy (non-hydrogen) atoms. The molecule has 0 spiro atoms. The minimum absolute atomic E-state index is 0.0390. The summed E-state index contributed by atoms with van der Waals surface area (Å²) in [7, 11) is 0. The largest absolute Gasteiger partial charge is 0.339 e. The van der Waals surface area contributed by atoms with Crippen molar-refractivity contribution in [2.75, 3.05) is 26.2 Å². The summed E-state index contributed by atoms with van der Waals surface area (Å²) in [5.74, 6) is 0.572. The van der Waals surface area contributed by atoms with E-state index in [1.54, 1.807) is 0 Å². The van der Waals surface area contributed by atoms with Crippen LogP contribution in [0.1, 0.15) is 28.8 Å². The third kappa shape index (κ3) is 3.08. The van der Waals surface area contributed by atoms with Crippen molar-refractivity contribution in [1.29, 1.82) is 0 Å². The second-order valence-electron chi connectivity index (χ2n) is 5.79. The smallest absolute Gasteiger partial charge is 0.253 e. The van der Waals surface area contributed by atoms with E-state index in [1.165, 1.54) is 0 Å². The highest BCUT2D eigenvalue weighted by molar-refractivity contribution is 5.94. The number of amides is 2. The van der Waals surface area contributed by atoms with Crippen molar-refractivity contribution in [1.82, 2.24) is 9.80 Å². The normalized spacial score (nSPS) is 18.7. The van der Waals surface area contributed by atoms with Gasteiger partial charge in [0.15, 0.2) is 0 Å². The summed E-state index contributed by atoms with van der Waals surface area (Å²) in [6.07, 6.45) is 2.07. The molecule has 1 aliphatic heterocycles. The number of hydrogen-bond acceptors (Lipinski definition) is 3. The number of rotatable bonds is 3. The number of carbonyl (C=O) groups is 2. The molecule has 3 rings (SSSR count). The number of piperazine rings is 1. The van der Waals surface area contributed by atoms with E-state index in [0.717, 1.165) is 18.4 Å². The van der Waals surface area contributed by atoms with E-state index in [0.29, 0.717) is 38.3 Å². The van der Waals surface area contributed by atoms with Gasteiger partial charge in [0.1, 0.15) is 0 Å². The molecule has 1 saturated carbocycles. The molecule has 1 aromatic rings. The maximum Gasteiger partial charge on any atom is 0.253 e. The molecular weight excluding hydrogens is 266 g/mol. The van der Waals surface area contributed by atoms with Gasteiger partial charge in [0.05, 0.1) is 0 Å². The Morgan fingerprint density at radius 3 is 2.10 bits per heavy atom. The first kappa shape index (κ1) is 14.1. The molecule has 2 aliphatic rings. The molecule has 2 amide bonds. The van der Waals surface area contributed by atoms with Crippen LogP contribution in [-0.2, 0) is 11.3 Å². The zero-order valence-corrected chi connectivity index (χ0v) is 12.1. The van der Waals surface area contributed by atoms with Gasteiger partial charge in [0, 0.05) is 44.2 Å². The fraction of sp³-hybridized carbons (Fsp3) is 0.500. The zero-order chi connectivity index (χ0) is 14.8. The number of nitrogens with two attached hydrogens (primary N) is 1. The van der Waals surface area contributed by atoms with E-state index in [2.05, 4.69) is 0 Å². The van der Waals surface area contributed by atoms with Gasteiger partial charge in [-0.25, -0.2) is 0 Å².